The van der Waals surface area contributed by atoms with Gasteiger partial charge in [0.05, 0.1) is 11.5 Å². The highest BCUT2D eigenvalue weighted by molar-refractivity contribution is 5.71. The van der Waals surface area contributed by atoms with E-state index >= 15 is 0 Å². The smallest absolute Gasteiger partial charge is 0.373 e. The summed E-state index contributed by atoms with van der Waals surface area (Å²) in [7, 11) is 1.27. The van der Waals surface area contributed by atoms with Crippen LogP contribution in [0.5, 0.6) is 5.75 Å². The Bertz CT molecular complexity index is 533. The minimum Gasteiger partial charge on any atom is -0.477 e. The lowest BCUT2D eigenvalue weighted by atomic mass is 9.70. The van der Waals surface area contributed by atoms with E-state index in [9.17, 15) is 10.1 Å². The summed E-state index contributed by atoms with van der Waals surface area (Å²) >= 11 is 0. The lowest BCUT2D eigenvalue weighted by Gasteiger charge is -2.31. The molecule has 5 nitrogen and oxygen atoms in total. The molecule has 0 bridgehead atoms. The maximum Gasteiger partial charge on any atom is 0.373 e. The molecule has 22 heavy (non-hydrogen) atoms. The third kappa shape index (κ3) is 3.77. The summed E-state index contributed by atoms with van der Waals surface area (Å²) in [5.41, 5.74) is 0.379. The Labute approximate surface area is 131 Å². The summed E-state index contributed by atoms with van der Waals surface area (Å²) < 4.78 is 9.98. The van der Waals surface area contributed by atoms with Crippen LogP contribution >= 0.6 is 0 Å². The van der Waals surface area contributed by atoms with Crippen LogP contribution in [0.2, 0.25) is 0 Å². The first-order chi connectivity index (χ1) is 10.4. The zero-order valence-corrected chi connectivity index (χ0v) is 13.5. The number of nitrogens with zero attached hydrogens (tertiary/aromatic N) is 1. The van der Waals surface area contributed by atoms with Crippen LogP contribution in [0.25, 0.3) is 0 Å². The minimum absolute atomic E-state index is 0.176. The number of carboxylic acids is 1. The van der Waals surface area contributed by atoms with E-state index in [2.05, 4.69) is 13.0 Å². The number of hydrogen-bond donors (Lipinski definition) is 1. The molecule has 1 N–H and O–H groups in total. The van der Waals surface area contributed by atoms with E-state index in [-0.39, 0.29) is 5.92 Å². The Morgan fingerprint density at radius 2 is 1.95 bits per heavy atom. The monoisotopic (exact) mass is 305 g/mol. The summed E-state index contributed by atoms with van der Waals surface area (Å²) in [4.78, 5) is 10.9. The van der Waals surface area contributed by atoms with Crippen molar-refractivity contribution in [3.63, 3.8) is 0 Å². The van der Waals surface area contributed by atoms with Crippen LogP contribution in [0.4, 0.5) is 0 Å². The zero-order chi connectivity index (χ0) is 16.8. The molecule has 120 valence electrons. The van der Waals surface area contributed by atoms with Gasteiger partial charge >= 0.3 is 5.97 Å². The normalized spacial score (nSPS) is 14.9. The average molecular weight is 305 g/mol. The molecule has 0 saturated heterocycles. The highest BCUT2D eigenvalue weighted by Gasteiger charge is 2.35. The van der Waals surface area contributed by atoms with Crippen LogP contribution in [0.1, 0.15) is 39.2 Å². The number of methoxy groups -OCH3 is 1. The van der Waals surface area contributed by atoms with Gasteiger partial charge in [0.2, 0.25) is 0 Å². The summed E-state index contributed by atoms with van der Waals surface area (Å²) in [5, 5.41) is 18.6. The van der Waals surface area contributed by atoms with Crippen LogP contribution in [-0.4, -0.2) is 24.5 Å². The van der Waals surface area contributed by atoms with Crippen LogP contribution in [0.15, 0.2) is 24.3 Å². The number of ether oxygens (including phenoxy) is 2. The molecule has 0 aliphatic rings. The number of nitriles is 1. The highest BCUT2D eigenvalue weighted by Crippen LogP contribution is 2.37. The molecular weight excluding hydrogens is 282 g/mol. The van der Waals surface area contributed by atoms with Crippen molar-refractivity contribution in [1.82, 2.24) is 0 Å². The summed E-state index contributed by atoms with van der Waals surface area (Å²) in [6.07, 6.45) is 0.346. The number of aliphatic carboxylic acids is 1. The molecule has 1 rings (SSSR count). The number of carbonyl (C=O) groups is 1. The van der Waals surface area contributed by atoms with Crippen molar-refractivity contribution >= 4 is 5.97 Å². The van der Waals surface area contributed by atoms with E-state index in [1.54, 1.807) is 12.1 Å². The predicted molar refractivity (Wildman–Crippen MR) is 82.5 cm³/mol. The minimum atomic E-state index is -1.34. The Morgan fingerprint density at radius 1 is 1.36 bits per heavy atom. The zero-order valence-electron chi connectivity index (χ0n) is 13.5. The first-order valence-corrected chi connectivity index (χ1v) is 7.35. The molecule has 0 aromatic heterocycles. The summed E-state index contributed by atoms with van der Waals surface area (Å²) in [6.45, 7) is 6.13. The quantitative estimate of drug-likeness (QED) is 0.745. The molecular formula is C17H23NO4. The van der Waals surface area contributed by atoms with Gasteiger partial charge in [-0.05, 0) is 30.0 Å². The number of carboxylic acid groups (broad SMARTS) is 1. The van der Waals surface area contributed by atoms with Gasteiger partial charge in [-0.1, -0.05) is 39.3 Å². The van der Waals surface area contributed by atoms with Gasteiger partial charge < -0.3 is 14.6 Å². The van der Waals surface area contributed by atoms with E-state index < -0.39 is 17.7 Å². The molecule has 0 amide bonds. The Balaban J connectivity index is 3.04. The van der Waals surface area contributed by atoms with Crippen molar-refractivity contribution in [2.24, 2.45) is 5.92 Å². The Kier molecular flexibility index (Phi) is 6.39. The van der Waals surface area contributed by atoms with Gasteiger partial charge in [0.1, 0.15) is 5.75 Å². The second-order valence-corrected chi connectivity index (χ2v) is 5.54. The summed E-state index contributed by atoms with van der Waals surface area (Å²) in [6, 6.07) is 9.46. The third-order valence-electron chi connectivity index (χ3n) is 3.86. The van der Waals surface area contributed by atoms with Gasteiger partial charge in [-0.2, -0.15) is 5.26 Å². The molecule has 0 spiro atoms. The predicted octanol–water partition coefficient (Wildman–Crippen LogP) is 3.34. The topological polar surface area (TPSA) is 79.5 Å². The van der Waals surface area contributed by atoms with Gasteiger partial charge in [-0.15, -0.1) is 0 Å². The molecule has 2 unspecified atom stereocenters. The number of hydrogen-bond acceptors (Lipinski definition) is 4. The summed E-state index contributed by atoms with van der Waals surface area (Å²) in [5.74, 6) is -0.619. The molecule has 0 radical (unpaired) electrons. The van der Waals surface area contributed by atoms with Crippen LogP contribution in [-0.2, 0) is 14.9 Å². The lowest BCUT2D eigenvalue weighted by Crippen LogP contribution is -2.31. The number of benzene rings is 1. The SMILES string of the molecule is CCCC(C#N)(c1ccc(OC(OC)C(=O)O)cc1)C(C)C. The fourth-order valence-corrected chi connectivity index (χ4v) is 2.56. The molecule has 2 atom stereocenters. The van der Waals surface area contributed by atoms with Crippen LogP contribution in [0.3, 0.4) is 0 Å². The molecule has 5 heteroatoms. The Morgan fingerprint density at radius 3 is 2.32 bits per heavy atom. The average Bonchev–Trinajstić information content (AvgIpc) is 2.50. The molecule has 0 aliphatic carbocycles. The molecule has 0 heterocycles. The second-order valence-electron chi connectivity index (χ2n) is 5.54. The van der Waals surface area contributed by atoms with Crippen LogP contribution in [0, 0.1) is 17.2 Å². The first kappa shape index (κ1) is 18.0. The molecule has 0 aliphatic heterocycles. The van der Waals surface area contributed by atoms with E-state index in [0.29, 0.717) is 5.75 Å². The van der Waals surface area contributed by atoms with Crippen molar-refractivity contribution in [2.75, 3.05) is 7.11 Å². The van der Waals surface area contributed by atoms with Crippen molar-refractivity contribution in [3.8, 4) is 11.8 Å². The maximum atomic E-state index is 10.9. The molecule has 1 aromatic carbocycles. The second kappa shape index (κ2) is 7.81. The van der Waals surface area contributed by atoms with Crippen molar-refractivity contribution in [2.45, 2.75) is 45.3 Å². The van der Waals surface area contributed by atoms with Crippen molar-refractivity contribution in [1.29, 1.82) is 5.26 Å². The van der Waals surface area contributed by atoms with E-state index in [1.165, 1.54) is 7.11 Å². The fourth-order valence-electron chi connectivity index (χ4n) is 2.56. The largest absolute Gasteiger partial charge is 0.477 e. The van der Waals surface area contributed by atoms with Gasteiger partial charge in [-0.25, -0.2) is 4.79 Å². The number of rotatable bonds is 8. The fraction of sp³-hybridized carbons (Fsp3) is 0.529. The Hall–Kier alpha value is -2.06. The molecule has 0 saturated carbocycles. The molecule has 0 fully saturated rings. The highest BCUT2D eigenvalue weighted by atomic mass is 16.7. The standard InChI is InChI=1S/C17H23NO4/c1-5-10-17(11-18,12(2)3)13-6-8-14(9-7-13)22-16(21-4)15(19)20/h6-9,12,16H,5,10H2,1-4H3,(H,19,20). The van der Waals surface area contributed by atoms with E-state index in [1.807, 2.05) is 26.0 Å². The van der Waals surface area contributed by atoms with Gasteiger partial charge in [0.25, 0.3) is 6.29 Å². The van der Waals surface area contributed by atoms with Gasteiger partial charge in [0, 0.05) is 7.11 Å². The van der Waals surface area contributed by atoms with Crippen molar-refractivity contribution < 1.29 is 19.4 Å². The van der Waals surface area contributed by atoms with Gasteiger partial charge in [-0.3, -0.25) is 0 Å². The van der Waals surface area contributed by atoms with Gasteiger partial charge in [0.15, 0.2) is 0 Å². The van der Waals surface area contributed by atoms with Crippen molar-refractivity contribution in [3.05, 3.63) is 29.8 Å². The third-order valence-corrected chi connectivity index (χ3v) is 3.86. The molecule has 1 aromatic rings. The van der Waals surface area contributed by atoms with Crippen LogP contribution < -0.4 is 4.74 Å². The first-order valence-electron chi connectivity index (χ1n) is 7.35. The van der Waals surface area contributed by atoms with E-state index in [4.69, 9.17) is 14.6 Å². The van der Waals surface area contributed by atoms with E-state index in [0.717, 1.165) is 18.4 Å². The maximum absolute atomic E-state index is 10.9. The lowest BCUT2D eigenvalue weighted by molar-refractivity contribution is -0.166.